The molecule has 2 atom stereocenters. The molecular formula is C29H35N5O3. The highest BCUT2D eigenvalue weighted by Gasteiger charge is 2.35. The average molecular weight is 502 g/mol. The van der Waals surface area contributed by atoms with Crippen LogP contribution >= 0.6 is 0 Å². The van der Waals surface area contributed by atoms with Gasteiger partial charge < -0.3 is 20.0 Å². The fourth-order valence-electron chi connectivity index (χ4n) is 6.00. The van der Waals surface area contributed by atoms with Crippen LogP contribution in [0.25, 0.3) is 22.1 Å². The predicted octanol–water partition coefficient (Wildman–Crippen LogP) is 5.26. The molecule has 2 aliphatic rings. The van der Waals surface area contributed by atoms with Crippen LogP contribution in [-0.4, -0.2) is 54.4 Å². The fourth-order valence-corrected chi connectivity index (χ4v) is 6.00. The van der Waals surface area contributed by atoms with E-state index in [1.165, 1.54) is 44.1 Å². The van der Waals surface area contributed by atoms with Gasteiger partial charge in [-0.05, 0) is 79.8 Å². The normalized spacial score (nSPS) is 19.3. The Morgan fingerprint density at radius 1 is 0.865 bits per heavy atom. The van der Waals surface area contributed by atoms with Crippen LogP contribution in [0.4, 0.5) is 0 Å². The second-order valence-corrected chi connectivity index (χ2v) is 10.2. The van der Waals surface area contributed by atoms with Gasteiger partial charge in [0.05, 0.1) is 0 Å². The van der Waals surface area contributed by atoms with Crippen LogP contribution in [0.1, 0.15) is 62.5 Å². The molecule has 1 saturated heterocycles. The summed E-state index contributed by atoms with van der Waals surface area (Å²) in [6.07, 6.45) is 17.1. The lowest BCUT2D eigenvalue weighted by Crippen LogP contribution is -2.49. The van der Waals surface area contributed by atoms with Crippen molar-refractivity contribution in [2.24, 2.45) is 5.92 Å². The summed E-state index contributed by atoms with van der Waals surface area (Å²) < 4.78 is 0. The van der Waals surface area contributed by atoms with Gasteiger partial charge in [-0.1, -0.05) is 12.8 Å². The number of carboxylic acid groups (broad SMARTS) is 1. The third-order valence-electron chi connectivity index (χ3n) is 7.85. The first kappa shape index (κ1) is 25.0. The molecule has 0 radical (unpaired) electrons. The number of rotatable bonds is 6. The van der Waals surface area contributed by atoms with Crippen LogP contribution < -0.4 is 0 Å². The lowest BCUT2D eigenvalue weighted by atomic mass is 9.78. The summed E-state index contributed by atoms with van der Waals surface area (Å²) in [5.74, 6) is 0.335. The molecular weight excluding hydrogens is 466 g/mol. The van der Waals surface area contributed by atoms with Gasteiger partial charge in [-0.25, -0.2) is 9.97 Å². The number of H-pyrrole nitrogens is 2. The van der Waals surface area contributed by atoms with E-state index in [1.807, 2.05) is 30.6 Å². The first-order valence-electron chi connectivity index (χ1n) is 13.4. The Kier molecular flexibility index (Phi) is 7.82. The molecule has 8 nitrogen and oxygen atoms in total. The van der Waals surface area contributed by atoms with Crippen LogP contribution in [0.15, 0.2) is 49.1 Å². The minimum Gasteiger partial charge on any atom is -0.481 e. The van der Waals surface area contributed by atoms with Gasteiger partial charge in [0.1, 0.15) is 11.3 Å². The van der Waals surface area contributed by atoms with E-state index in [0.29, 0.717) is 24.8 Å². The quantitative estimate of drug-likeness (QED) is 0.333. The number of hydrogen-bond donors (Lipinski definition) is 3. The number of aryl methyl sites for hydroxylation is 2. The van der Waals surface area contributed by atoms with Crippen molar-refractivity contribution in [3.63, 3.8) is 0 Å². The average Bonchev–Trinajstić information content (AvgIpc) is 3.54. The van der Waals surface area contributed by atoms with Gasteiger partial charge in [-0.3, -0.25) is 9.59 Å². The number of hydrogen-bond acceptors (Lipinski definition) is 4. The first-order chi connectivity index (χ1) is 18.1. The number of carbonyl (C=O) groups excluding carboxylic acids is 1. The van der Waals surface area contributed by atoms with Crippen LogP contribution in [-0.2, 0) is 22.4 Å². The number of fused-ring (bicyclic) bond motifs is 3. The van der Waals surface area contributed by atoms with E-state index < -0.39 is 5.97 Å². The third kappa shape index (κ3) is 5.84. The number of aromatic nitrogens is 4. The van der Waals surface area contributed by atoms with Crippen LogP contribution in [0.2, 0.25) is 0 Å². The molecule has 4 aromatic heterocycles. The molecule has 4 aromatic rings. The van der Waals surface area contributed by atoms with E-state index in [9.17, 15) is 9.59 Å². The zero-order chi connectivity index (χ0) is 25.6. The van der Waals surface area contributed by atoms with Crippen molar-refractivity contribution in [2.75, 3.05) is 6.54 Å². The molecule has 194 valence electrons. The minimum atomic E-state index is -0.775. The Balaban J connectivity index is 0.000000171. The van der Waals surface area contributed by atoms with Gasteiger partial charge in [0, 0.05) is 61.0 Å². The number of nitrogens with one attached hydrogen (secondary N) is 2. The number of aromatic amines is 2. The molecule has 0 spiro atoms. The lowest BCUT2D eigenvalue weighted by molar-refractivity contribution is -0.138. The van der Waals surface area contributed by atoms with Gasteiger partial charge in [0.25, 0.3) is 0 Å². The summed E-state index contributed by atoms with van der Waals surface area (Å²) >= 11 is 0. The largest absolute Gasteiger partial charge is 0.481 e. The molecule has 5 heterocycles. The summed E-state index contributed by atoms with van der Waals surface area (Å²) in [4.78, 5) is 40.1. The zero-order valence-corrected chi connectivity index (χ0v) is 21.2. The topological polar surface area (TPSA) is 115 Å². The summed E-state index contributed by atoms with van der Waals surface area (Å²) in [6.45, 7) is 0.968. The molecule has 0 bridgehead atoms. The summed E-state index contributed by atoms with van der Waals surface area (Å²) in [5.41, 5.74) is 3.95. The van der Waals surface area contributed by atoms with Crippen molar-refractivity contribution in [2.45, 2.75) is 70.3 Å². The Bertz CT molecular complexity index is 1360. The van der Waals surface area contributed by atoms with E-state index in [1.54, 1.807) is 12.4 Å². The van der Waals surface area contributed by atoms with Crippen molar-refractivity contribution in [3.05, 3.63) is 60.2 Å². The summed E-state index contributed by atoms with van der Waals surface area (Å²) in [7, 11) is 0. The molecule has 0 aromatic carbocycles. The van der Waals surface area contributed by atoms with Gasteiger partial charge in [0.2, 0.25) is 5.91 Å². The number of pyridine rings is 2. The molecule has 3 N–H and O–H groups in total. The van der Waals surface area contributed by atoms with Gasteiger partial charge in [0.15, 0.2) is 0 Å². The molecule has 1 amide bonds. The monoisotopic (exact) mass is 501 g/mol. The Morgan fingerprint density at radius 2 is 1.46 bits per heavy atom. The van der Waals surface area contributed by atoms with Crippen molar-refractivity contribution >= 4 is 33.9 Å². The maximum atomic E-state index is 12.8. The smallest absolute Gasteiger partial charge is 0.303 e. The number of nitrogens with zero attached hydrogens (tertiary/aromatic N) is 3. The number of amides is 1. The Labute approximate surface area is 216 Å². The predicted molar refractivity (Wildman–Crippen MR) is 143 cm³/mol. The molecule has 2 fully saturated rings. The van der Waals surface area contributed by atoms with E-state index >= 15 is 0 Å². The maximum Gasteiger partial charge on any atom is 0.303 e. The third-order valence-corrected chi connectivity index (χ3v) is 7.85. The van der Waals surface area contributed by atoms with Crippen LogP contribution in [0, 0.1) is 5.92 Å². The number of carboxylic acids is 1. The highest BCUT2D eigenvalue weighted by Crippen LogP contribution is 2.35. The molecule has 6 rings (SSSR count). The Morgan fingerprint density at radius 3 is 2.11 bits per heavy atom. The molecule has 1 aliphatic heterocycles. The van der Waals surface area contributed by atoms with Gasteiger partial charge in [-0.15, -0.1) is 0 Å². The van der Waals surface area contributed by atoms with E-state index in [-0.39, 0.29) is 6.42 Å². The van der Waals surface area contributed by atoms with E-state index in [2.05, 4.69) is 30.9 Å². The van der Waals surface area contributed by atoms with Crippen molar-refractivity contribution < 1.29 is 14.7 Å². The summed E-state index contributed by atoms with van der Waals surface area (Å²) in [6, 6.07) is 8.35. The molecule has 37 heavy (non-hydrogen) atoms. The maximum absolute atomic E-state index is 12.8. The SMILES string of the molecule is O=C(CCc1c[nH]c2ncccc12)N1CCCC2CCCCC21.O=C(O)CCc1c[nH]c2ncccc12. The summed E-state index contributed by atoms with van der Waals surface area (Å²) in [5, 5.41) is 10.7. The first-order valence-corrected chi connectivity index (χ1v) is 13.4. The minimum absolute atomic E-state index is 0.155. The van der Waals surface area contributed by atoms with Crippen LogP contribution in [0.3, 0.4) is 0 Å². The highest BCUT2D eigenvalue weighted by atomic mass is 16.4. The van der Waals surface area contributed by atoms with Gasteiger partial charge in [-0.2, -0.15) is 0 Å². The standard InChI is InChI=1S/C19H25N3O.C10H10N2O2/c23-18(22-12-4-6-14-5-1-2-8-17(14)22)10-9-15-13-21-19-16(15)7-3-11-20-19;13-9(14)4-3-7-6-12-10-8(7)2-1-5-11-10/h3,7,11,13-14,17H,1-2,4-6,8-10,12H2,(H,20,21);1-2,5-6H,3-4H2,(H,11,12)(H,13,14). The van der Waals surface area contributed by atoms with Crippen molar-refractivity contribution in [3.8, 4) is 0 Å². The van der Waals surface area contributed by atoms with E-state index in [4.69, 9.17) is 5.11 Å². The van der Waals surface area contributed by atoms with Crippen molar-refractivity contribution in [1.82, 2.24) is 24.8 Å². The number of aliphatic carboxylic acids is 1. The molecule has 1 aliphatic carbocycles. The molecule has 1 saturated carbocycles. The number of likely N-dealkylation sites (tertiary alicyclic amines) is 1. The second kappa shape index (κ2) is 11.6. The second-order valence-electron chi connectivity index (χ2n) is 10.2. The van der Waals surface area contributed by atoms with Crippen molar-refractivity contribution in [1.29, 1.82) is 0 Å². The fraction of sp³-hybridized carbons (Fsp3) is 0.448. The highest BCUT2D eigenvalue weighted by molar-refractivity contribution is 5.82. The molecule has 8 heteroatoms. The zero-order valence-electron chi connectivity index (χ0n) is 21.2. The number of carbonyl (C=O) groups is 2. The van der Waals surface area contributed by atoms with Gasteiger partial charge >= 0.3 is 5.97 Å². The van der Waals surface area contributed by atoms with E-state index in [0.717, 1.165) is 46.5 Å². The lowest BCUT2D eigenvalue weighted by Gasteiger charge is -2.44. The number of piperidine rings is 1. The van der Waals surface area contributed by atoms with Crippen LogP contribution in [0.5, 0.6) is 0 Å². The molecule has 2 unspecified atom stereocenters. The Hall–Kier alpha value is -3.68.